The first-order valence-electron chi connectivity index (χ1n) is 9.07. The molecule has 2 aromatic carbocycles. The lowest BCUT2D eigenvalue weighted by atomic mass is 10.0. The van der Waals surface area contributed by atoms with E-state index in [1.807, 2.05) is 63.2 Å². The highest BCUT2D eigenvalue weighted by Gasteiger charge is 2.31. The molecule has 5 nitrogen and oxygen atoms in total. The van der Waals surface area contributed by atoms with Crippen LogP contribution in [0.15, 0.2) is 48.5 Å². The Morgan fingerprint density at radius 3 is 2.30 bits per heavy atom. The Kier molecular flexibility index (Phi) is 6.65. The summed E-state index contributed by atoms with van der Waals surface area (Å²) in [6.07, 6.45) is 1.85. The number of carbonyl (C=O) groups is 1. The van der Waals surface area contributed by atoms with Crippen LogP contribution in [-0.4, -0.2) is 26.6 Å². The van der Waals surface area contributed by atoms with Gasteiger partial charge in [0, 0.05) is 0 Å². The first kappa shape index (κ1) is 21.0. The molecule has 2 atom stereocenters. The summed E-state index contributed by atoms with van der Waals surface area (Å²) in [6, 6.07) is 14.2. The van der Waals surface area contributed by atoms with E-state index in [1.54, 1.807) is 13.0 Å². The third-order valence-corrected chi connectivity index (χ3v) is 5.84. The van der Waals surface area contributed by atoms with E-state index in [0.29, 0.717) is 12.1 Å². The minimum absolute atomic E-state index is 0.166. The zero-order valence-electron chi connectivity index (χ0n) is 16.6. The molecule has 1 N–H and O–H groups in total. The average molecular weight is 389 g/mol. The molecule has 2 aromatic rings. The summed E-state index contributed by atoms with van der Waals surface area (Å²) in [6.45, 7) is 7.35. The van der Waals surface area contributed by atoms with Crippen molar-refractivity contribution in [3.63, 3.8) is 0 Å². The maximum Gasteiger partial charge on any atom is 0.244 e. The first-order chi connectivity index (χ1) is 12.6. The van der Waals surface area contributed by atoms with E-state index in [1.165, 1.54) is 4.31 Å². The number of sulfonamides is 1. The molecule has 0 aliphatic carbocycles. The normalized spacial score (nSPS) is 13.7. The second-order valence-corrected chi connectivity index (χ2v) is 8.76. The Hall–Kier alpha value is -2.34. The van der Waals surface area contributed by atoms with Crippen LogP contribution in [0.2, 0.25) is 0 Å². The molecule has 0 aliphatic heterocycles. The van der Waals surface area contributed by atoms with E-state index >= 15 is 0 Å². The Labute approximate surface area is 162 Å². The van der Waals surface area contributed by atoms with Crippen molar-refractivity contribution in [1.29, 1.82) is 0 Å². The summed E-state index contributed by atoms with van der Waals surface area (Å²) in [5.74, 6) is -0.322. The molecule has 0 heterocycles. The number of rotatable bonds is 7. The molecule has 0 saturated carbocycles. The highest BCUT2D eigenvalue weighted by Crippen LogP contribution is 2.27. The van der Waals surface area contributed by atoms with Gasteiger partial charge < -0.3 is 5.32 Å². The third-order valence-electron chi connectivity index (χ3n) is 4.62. The molecule has 0 aliphatic rings. The SMILES string of the molecule is CC[C@H](NC(=O)[C@H](C)N(c1cc(C)ccc1C)S(C)(=O)=O)c1ccccc1. The number of hydrogen-bond acceptors (Lipinski definition) is 3. The van der Waals surface area contributed by atoms with E-state index in [-0.39, 0.29) is 11.9 Å². The highest BCUT2D eigenvalue weighted by molar-refractivity contribution is 7.92. The van der Waals surface area contributed by atoms with Crippen LogP contribution in [0.4, 0.5) is 5.69 Å². The van der Waals surface area contributed by atoms with Gasteiger partial charge in [0.25, 0.3) is 0 Å². The molecule has 2 rings (SSSR count). The molecule has 1 amide bonds. The van der Waals surface area contributed by atoms with Gasteiger partial charge in [0.2, 0.25) is 15.9 Å². The Morgan fingerprint density at radius 2 is 1.74 bits per heavy atom. The number of anilines is 1. The van der Waals surface area contributed by atoms with Crippen LogP contribution in [0.3, 0.4) is 0 Å². The minimum Gasteiger partial charge on any atom is -0.347 e. The zero-order chi connectivity index (χ0) is 20.2. The van der Waals surface area contributed by atoms with Gasteiger partial charge in [-0.15, -0.1) is 0 Å². The molecule has 146 valence electrons. The summed E-state index contributed by atoms with van der Waals surface area (Å²) < 4.78 is 26.2. The topological polar surface area (TPSA) is 66.5 Å². The minimum atomic E-state index is -3.64. The quantitative estimate of drug-likeness (QED) is 0.786. The maximum absolute atomic E-state index is 12.9. The van der Waals surface area contributed by atoms with Gasteiger partial charge in [0.15, 0.2) is 0 Å². The monoisotopic (exact) mass is 388 g/mol. The largest absolute Gasteiger partial charge is 0.347 e. The number of nitrogens with one attached hydrogen (secondary N) is 1. The number of benzene rings is 2. The predicted molar refractivity (Wildman–Crippen MR) is 110 cm³/mol. The van der Waals surface area contributed by atoms with Gasteiger partial charge in [0.05, 0.1) is 18.0 Å². The Bertz CT molecular complexity index is 895. The van der Waals surface area contributed by atoms with E-state index in [2.05, 4.69) is 5.32 Å². The van der Waals surface area contributed by atoms with Crippen molar-refractivity contribution in [3.05, 3.63) is 65.2 Å². The van der Waals surface area contributed by atoms with Gasteiger partial charge in [-0.25, -0.2) is 8.42 Å². The number of aryl methyl sites for hydroxylation is 2. The van der Waals surface area contributed by atoms with Crippen LogP contribution in [0, 0.1) is 13.8 Å². The fourth-order valence-electron chi connectivity index (χ4n) is 3.14. The predicted octanol–water partition coefficient (Wildman–Crippen LogP) is 3.73. The van der Waals surface area contributed by atoms with Crippen molar-refractivity contribution >= 4 is 21.6 Å². The summed E-state index contributed by atoms with van der Waals surface area (Å²) in [7, 11) is -3.64. The second-order valence-electron chi connectivity index (χ2n) is 6.90. The van der Waals surface area contributed by atoms with E-state index in [0.717, 1.165) is 22.9 Å². The molecule has 0 radical (unpaired) electrons. The summed E-state index contributed by atoms with van der Waals surface area (Å²) >= 11 is 0. The Balaban J connectivity index is 2.34. The van der Waals surface area contributed by atoms with Crippen molar-refractivity contribution < 1.29 is 13.2 Å². The molecule has 0 spiro atoms. The van der Waals surface area contributed by atoms with Gasteiger partial charge in [0.1, 0.15) is 6.04 Å². The highest BCUT2D eigenvalue weighted by atomic mass is 32.2. The number of hydrogen-bond donors (Lipinski definition) is 1. The molecule has 6 heteroatoms. The van der Waals surface area contributed by atoms with Crippen LogP contribution in [0.5, 0.6) is 0 Å². The molecular formula is C21H28N2O3S. The number of carbonyl (C=O) groups excluding carboxylic acids is 1. The number of amides is 1. The first-order valence-corrected chi connectivity index (χ1v) is 10.9. The van der Waals surface area contributed by atoms with Crippen LogP contribution in [-0.2, 0) is 14.8 Å². The lowest BCUT2D eigenvalue weighted by molar-refractivity contribution is -0.122. The number of nitrogens with zero attached hydrogens (tertiary/aromatic N) is 1. The van der Waals surface area contributed by atoms with Gasteiger partial charge in [-0.3, -0.25) is 9.10 Å². The summed E-state index contributed by atoms with van der Waals surface area (Å²) in [4.78, 5) is 12.9. The van der Waals surface area contributed by atoms with E-state index in [9.17, 15) is 13.2 Å². The fourth-order valence-corrected chi connectivity index (χ4v) is 4.36. The van der Waals surface area contributed by atoms with Crippen LogP contribution < -0.4 is 9.62 Å². The molecule has 0 saturated heterocycles. The van der Waals surface area contributed by atoms with Crippen molar-refractivity contribution in [3.8, 4) is 0 Å². The standard InChI is InChI=1S/C21H28N2O3S/c1-6-19(18-10-8-7-9-11-18)22-21(24)17(4)23(27(5,25)26)20-14-15(2)12-13-16(20)3/h7-14,17,19H,6H2,1-5H3,(H,22,24)/t17-,19-/m0/s1. The summed E-state index contributed by atoms with van der Waals surface area (Å²) in [5, 5.41) is 2.99. The van der Waals surface area contributed by atoms with Gasteiger partial charge in [-0.05, 0) is 49.9 Å². The van der Waals surface area contributed by atoms with Crippen molar-refractivity contribution in [2.45, 2.75) is 46.2 Å². The molecule has 0 fully saturated rings. The molecule has 27 heavy (non-hydrogen) atoms. The molecule has 0 bridgehead atoms. The lowest BCUT2D eigenvalue weighted by Crippen LogP contribution is -2.48. The average Bonchev–Trinajstić information content (AvgIpc) is 2.62. The van der Waals surface area contributed by atoms with Gasteiger partial charge in [-0.2, -0.15) is 0 Å². The van der Waals surface area contributed by atoms with Crippen LogP contribution in [0.25, 0.3) is 0 Å². The molecule has 0 unspecified atom stereocenters. The van der Waals surface area contributed by atoms with Gasteiger partial charge in [-0.1, -0.05) is 49.4 Å². The Morgan fingerprint density at radius 1 is 1.11 bits per heavy atom. The fraction of sp³-hybridized carbons (Fsp3) is 0.381. The van der Waals surface area contributed by atoms with E-state index < -0.39 is 16.1 Å². The van der Waals surface area contributed by atoms with Gasteiger partial charge >= 0.3 is 0 Å². The zero-order valence-corrected chi connectivity index (χ0v) is 17.4. The van der Waals surface area contributed by atoms with Crippen LogP contribution >= 0.6 is 0 Å². The second kappa shape index (κ2) is 8.57. The molecular weight excluding hydrogens is 360 g/mol. The van der Waals surface area contributed by atoms with Crippen molar-refractivity contribution in [2.24, 2.45) is 0 Å². The lowest BCUT2D eigenvalue weighted by Gasteiger charge is -2.31. The van der Waals surface area contributed by atoms with E-state index in [4.69, 9.17) is 0 Å². The van der Waals surface area contributed by atoms with Crippen LogP contribution in [0.1, 0.15) is 43.0 Å². The third kappa shape index (κ3) is 5.10. The van der Waals surface area contributed by atoms with Crippen molar-refractivity contribution in [2.75, 3.05) is 10.6 Å². The smallest absolute Gasteiger partial charge is 0.244 e. The maximum atomic E-state index is 12.9. The van der Waals surface area contributed by atoms with Crippen molar-refractivity contribution in [1.82, 2.24) is 5.32 Å². The molecule has 0 aromatic heterocycles. The summed E-state index contributed by atoms with van der Waals surface area (Å²) in [5.41, 5.74) is 3.28.